The van der Waals surface area contributed by atoms with Gasteiger partial charge in [-0.1, -0.05) is 6.07 Å². The molecule has 1 aromatic heterocycles. The monoisotopic (exact) mass is 207 g/mol. The minimum Gasteiger partial charge on any atom is -0.464 e. The van der Waals surface area contributed by atoms with E-state index in [0.717, 1.165) is 12.8 Å². The molecule has 15 heavy (non-hydrogen) atoms. The van der Waals surface area contributed by atoms with E-state index in [1.54, 1.807) is 12.1 Å². The molecule has 1 N–H and O–H groups in total. The lowest BCUT2D eigenvalue weighted by molar-refractivity contribution is 0.0583. The molecule has 0 bridgehead atoms. The van der Waals surface area contributed by atoms with Crippen LogP contribution < -0.4 is 0 Å². The summed E-state index contributed by atoms with van der Waals surface area (Å²) in [6.07, 6.45) is 2.95. The number of aliphatic hydroxyl groups is 1. The third kappa shape index (κ3) is 1.99. The van der Waals surface area contributed by atoms with E-state index in [9.17, 15) is 9.90 Å². The number of carbonyl (C=O) groups excluding carboxylic acids is 1. The summed E-state index contributed by atoms with van der Waals surface area (Å²) in [4.78, 5) is 15.3. The number of hydrogen-bond acceptors (Lipinski definition) is 4. The Morgan fingerprint density at radius 2 is 2.40 bits per heavy atom. The highest BCUT2D eigenvalue weighted by Gasteiger charge is 2.33. The fourth-order valence-electron chi connectivity index (χ4n) is 1.59. The highest BCUT2D eigenvalue weighted by atomic mass is 16.5. The van der Waals surface area contributed by atoms with Crippen LogP contribution in [0.1, 0.15) is 35.0 Å². The van der Waals surface area contributed by atoms with Crippen molar-refractivity contribution < 1.29 is 14.6 Å². The highest BCUT2D eigenvalue weighted by molar-refractivity contribution is 5.88. The van der Waals surface area contributed by atoms with Crippen LogP contribution in [0.15, 0.2) is 18.3 Å². The second-order valence-electron chi connectivity index (χ2n) is 3.72. The van der Waals surface area contributed by atoms with E-state index in [-0.39, 0.29) is 11.6 Å². The molecule has 1 aromatic rings. The maximum absolute atomic E-state index is 11.4. The molecular formula is C11H13NO3. The molecule has 1 heterocycles. The Morgan fingerprint density at radius 3 is 3.00 bits per heavy atom. The van der Waals surface area contributed by atoms with Crippen LogP contribution in [0.3, 0.4) is 0 Å². The van der Waals surface area contributed by atoms with Crippen LogP contribution in [0, 0.1) is 5.92 Å². The quantitative estimate of drug-likeness (QED) is 0.759. The minimum absolute atomic E-state index is 0.222. The molecule has 1 aliphatic rings. The first-order valence-corrected chi connectivity index (χ1v) is 4.95. The van der Waals surface area contributed by atoms with Gasteiger partial charge in [0.25, 0.3) is 0 Å². The lowest BCUT2D eigenvalue weighted by atomic mass is 10.0. The van der Waals surface area contributed by atoms with Gasteiger partial charge >= 0.3 is 5.97 Å². The fraction of sp³-hybridized carbons (Fsp3) is 0.455. The van der Waals surface area contributed by atoms with Gasteiger partial charge in [0.05, 0.1) is 13.2 Å². The summed E-state index contributed by atoms with van der Waals surface area (Å²) in [7, 11) is 1.31. The predicted octanol–water partition coefficient (Wildman–Crippen LogP) is 1.31. The summed E-state index contributed by atoms with van der Waals surface area (Å²) in [5.74, 6) is -0.220. The molecule has 1 unspecified atom stereocenters. The highest BCUT2D eigenvalue weighted by Crippen LogP contribution is 2.41. The standard InChI is InChI=1S/C11H13NO3/c1-15-11(14)9-8(3-2-6-12-9)10(13)7-4-5-7/h2-3,6-7,10,13H,4-5H2,1H3. The van der Waals surface area contributed by atoms with Gasteiger partial charge in [-0.3, -0.25) is 0 Å². The summed E-state index contributed by atoms with van der Waals surface area (Å²) in [6.45, 7) is 0. The first-order chi connectivity index (χ1) is 7.24. The second-order valence-corrected chi connectivity index (χ2v) is 3.72. The van der Waals surface area contributed by atoms with E-state index in [0.29, 0.717) is 5.56 Å². The summed E-state index contributed by atoms with van der Waals surface area (Å²) < 4.78 is 4.61. The Bertz CT molecular complexity index is 374. The van der Waals surface area contributed by atoms with Gasteiger partial charge in [-0.05, 0) is 24.8 Å². The van der Waals surface area contributed by atoms with Crippen molar-refractivity contribution in [2.24, 2.45) is 5.92 Å². The molecule has 0 spiro atoms. The molecule has 2 rings (SSSR count). The molecule has 4 nitrogen and oxygen atoms in total. The van der Waals surface area contributed by atoms with Crippen LogP contribution in [0.2, 0.25) is 0 Å². The molecule has 0 saturated heterocycles. The van der Waals surface area contributed by atoms with Gasteiger partial charge < -0.3 is 9.84 Å². The van der Waals surface area contributed by atoms with Gasteiger partial charge in [0.2, 0.25) is 0 Å². The molecular weight excluding hydrogens is 194 g/mol. The SMILES string of the molecule is COC(=O)c1ncccc1C(O)C1CC1. The van der Waals surface area contributed by atoms with Crippen molar-refractivity contribution in [3.8, 4) is 0 Å². The minimum atomic E-state index is -0.590. The Labute approximate surface area is 87.9 Å². The van der Waals surface area contributed by atoms with Gasteiger partial charge in [0.1, 0.15) is 0 Å². The van der Waals surface area contributed by atoms with Gasteiger partial charge in [-0.15, -0.1) is 0 Å². The number of esters is 1. The molecule has 80 valence electrons. The van der Waals surface area contributed by atoms with Crippen LogP contribution in [0.4, 0.5) is 0 Å². The summed E-state index contributed by atoms with van der Waals surface area (Å²) in [5, 5.41) is 9.94. The summed E-state index contributed by atoms with van der Waals surface area (Å²) in [5.41, 5.74) is 0.797. The fourth-order valence-corrected chi connectivity index (χ4v) is 1.59. The summed E-state index contributed by atoms with van der Waals surface area (Å²) >= 11 is 0. The van der Waals surface area contributed by atoms with E-state index in [4.69, 9.17) is 0 Å². The Balaban J connectivity index is 2.32. The Hall–Kier alpha value is -1.42. The third-order valence-electron chi connectivity index (χ3n) is 2.60. The zero-order valence-corrected chi connectivity index (χ0v) is 8.51. The van der Waals surface area contributed by atoms with Gasteiger partial charge in [0.15, 0.2) is 5.69 Å². The predicted molar refractivity (Wildman–Crippen MR) is 53.3 cm³/mol. The van der Waals surface area contributed by atoms with Crippen LogP contribution in [0.5, 0.6) is 0 Å². The van der Waals surface area contributed by atoms with Crippen molar-refractivity contribution in [2.75, 3.05) is 7.11 Å². The number of aliphatic hydroxyl groups excluding tert-OH is 1. The molecule has 4 heteroatoms. The number of hydrogen-bond donors (Lipinski definition) is 1. The largest absolute Gasteiger partial charge is 0.464 e. The lowest BCUT2D eigenvalue weighted by Gasteiger charge is -2.12. The number of methoxy groups -OCH3 is 1. The topological polar surface area (TPSA) is 59.4 Å². The van der Waals surface area contributed by atoms with Gasteiger partial charge in [-0.25, -0.2) is 9.78 Å². The first-order valence-electron chi connectivity index (χ1n) is 4.95. The molecule has 1 fully saturated rings. The van der Waals surface area contributed by atoms with Crippen LogP contribution in [0.25, 0.3) is 0 Å². The van der Waals surface area contributed by atoms with E-state index in [1.165, 1.54) is 13.3 Å². The van der Waals surface area contributed by atoms with Gasteiger partial charge in [0, 0.05) is 11.8 Å². The van der Waals surface area contributed by atoms with Crippen molar-refractivity contribution in [1.82, 2.24) is 4.98 Å². The lowest BCUT2D eigenvalue weighted by Crippen LogP contribution is -2.12. The Morgan fingerprint density at radius 1 is 1.67 bits per heavy atom. The van der Waals surface area contributed by atoms with Crippen LogP contribution in [-0.2, 0) is 4.74 Å². The third-order valence-corrected chi connectivity index (χ3v) is 2.60. The number of carbonyl (C=O) groups is 1. The van der Waals surface area contributed by atoms with Crippen molar-refractivity contribution in [1.29, 1.82) is 0 Å². The van der Waals surface area contributed by atoms with E-state index >= 15 is 0 Å². The van der Waals surface area contributed by atoms with Crippen molar-refractivity contribution >= 4 is 5.97 Å². The van der Waals surface area contributed by atoms with E-state index < -0.39 is 12.1 Å². The average molecular weight is 207 g/mol. The molecule has 0 radical (unpaired) electrons. The number of rotatable bonds is 3. The number of aromatic nitrogens is 1. The number of ether oxygens (including phenoxy) is 1. The summed E-state index contributed by atoms with van der Waals surface area (Å²) in [6, 6.07) is 3.44. The molecule has 1 aliphatic carbocycles. The van der Waals surface area contributed by atoms with E-state index in [2.05, 4.69) is 9.72 Å². The normalized spacial score (nSPS) is 17.2. The van der Waals surface area contributed by atoms with E-state index in [1.807, 2.05) is 0 Å². The molecule has 0 aromatic carbocycles. The molecule has 0 amide bonds. The molecule has 1 atom stereocenters. The van der Waals surface area contributed by atoms with Gasteiger partial charge in [-0.2, -0.15) is 0 Å². The molecule has 1 saturated carbocycles. The Kier molecular flexibility index (Phi) is 2.68. The molecule has 0 aliphatic heterocycles. The second kappa shape index (κ2) is 3.98. The van der Waals surface area contributed by atoms with Crippen LogP contribution >= 0.6 is 0 Å². The zero-order valence-electron chi connectivity index (χ0n) is 8.51. The average Bonchev–Trinajstić information content (AvgIpc) is 3.11. The first kappa shape index (κ1) is 10.1. The van der Waals surface area contributed by atoms with Crippen LogP contribution in [-0.4, -0.2) is 23.2 Å². The number of nitrogens with zero attached hydrogens (tertiary/aromatic N) is 1. The maximum atomic E-state index is 11.4. The maximum Gasteiger partial charge on any atom is 0.357 e. The van der Waals surface area contributed by atoms with Crippen molar-refractivity contribution in [3.63, 3.8) is 0 Å². The smallest absolute Gasteiger partial charge is 0.357 e. The van der Waals surface area contributed by atoms with Crippen molar-refractivity contribution in [3.05, 3.63) is 29.6 Å². The number of pyridine rings is 1. The zero-order chi connectivity index (χ0) is 10.8. The van der Waals surface area contributed by atoms with Crippen molar-refractivity contribution in [2.45, 2.75) is 18.9 Å².